The van der Waals surface area contributed by atoms with Crippen molar-refractivity contribution in [3.8, 4) is 0 Å². The molecular weight excluding hydrogens is 176 g/mol. The van der Waals surface area contributed by atoms with Crippen LogP contribution in [-0.4, -0.2) is 43.8 Å². The summed E-state index contributed by atoms with van der Waals surface area (Å²) in [6.45, 7) is 3.08. The smallest absolute Gasteiger partial charge is 0.0622 e. The molecule has 14 heavy (non-hydrogen) atoms. The van der Waals surface area contributed by atoms with Crippen molar-refractivity contribution in [3.63, 3.8) is 0 Å². The zero-order chi connectivity index (χ0) is 9.97. The third-order valence-corrected chi connectivity index (χ3v) is 3.66. The van der Waals surface area contributed by atoms with Crippen molar-refractivity contribution in [2.24, 2.45) is 11.7 Å². The molecule has 2 N–H and O–H groups in total. The van der Waals surface area contributed by atoms with Crippen molar-refractivity contribution >= 4 is 0 Å². The Bertz CT molecular complexity index is 180. The van der Waals surface area contributed by atoms with Crippen molar-refractivity contribution in [3.05, 3.63) is 0 Å². The summed E-state index contributed by atoms with van der Waals surface area (Å²) in [6, 6.07) is 1.13. The van der Waals surface area contributed by atoms with Crippen LogP contribution in [0.25, 0.3) is 0 Å². The average Bonchev–Trinajstić information content (AvgIpc) is 2.75. The van der Waals surface area contributed by atoms with Crippen molar-refractivity contribution in [1.29, 1.82) is 0 Å². The van der Waals surface area contributed by atoms with Crippen LogP contribution in [0.15, 0.2) is 0 Å². The van der Waals surface area contributed by atoms with Crippen molar-refractivity contribution < 1.29 is 4.74 Å². The van der Waals surface area contributed by atoms with Crippen LogP contribution in [0.4, 0.5) is 0 Å². The molecule has 1 saturated carbocycles. The maximum absolute atomic E-state index is 5.91. The molecule has 2 fully saturated rings. The van der Waals surface area contributed by atoms with Gasteiger partial charge in [0.1, 0.15) is 0 Å². The molecule has 1 aliphatic heterocycles. The van der Waals surface area contributed by atoms with Gasteiger partial charge in [-0.25, -0.2) is 0 Å². The van der Waals surface area contributed by atoms with Gasteiger partial charge in [0, 0.05) is 25.2 Å². The van der Waals surface area contributed by atoms with Crippen LogP contribution in [0.2, 0.25) is 0 Å². The SMILES string of the molecule is CN(CC1CCC(N)C1)C1CCOC1. The number of rotatable bonds is 3. The predicted molar refractivity (Wildman–Crippen MR) is 57.2 cm³/mol. The number of hydrogen-bond donors (Lipinski definition) is 1. The van der Waals surface area contributed by atoms with E-state index in [9.17, 15) is 0 Å². The van der Waals surface area contributed by atoms with Crippen molar-refractivity contribution in [1.82, 2.24) is 4.90 Å². The average molecular weight is 198 g/mol. The largest absolute Gasteiger partial charge is 0.380 e. The van der Waals surface area contributed by atoms with E-state index in [4.69, 9.17) is 10.5 Å². The molecule has 0 spiro atoms. The summed E-state index contributed by atoms with van der Waals surface area (Å²) in [5.41, 5.74) is 5.91. The van der Waals surface area contributed by atoms with Gasteiger partial charge < -0.3 is 15.4 Å². The topological polar surface area (TPSA) is 38.5 Å². The van der Waals surface area contributed by atoms with Gasteiger partial charge in [-0.1, -0.05) is 0 Å². The second kappa shape index (κ2) is 4.60. The lowest BCUT2D eigenvalue weighted by Crippen LogP contribution is -2.35. The summed E-state index contributed by atoms with van der Waals surface area (Å²) < 4.78 is 5.40. The first-order valence-electron chi connectivity index (χ1n) is 5.79. The number of likely N-dealkylation sites (N-methyl/N-ethyl adjacent to an activating group) is 1. The lowest BCUT2D eigenvalue weighted by atomic mass is 10.1. The molecule has 82 valence electrons. The molecule has 0 amide bonds. The molecule has 2 aliphatic rings. The second-order valence-corrected chi connectivity index (χ2v) is 4.90. The van der Waals surface area contributed by atoms with Gasteiger partial charge in [0.05, 0.1) is 6.61 Å². The maximum atomic E-state index is 5.91. The molecule has 0 radical (unpaired) electrons. The molecule has 1 heterocycles. The highest BCUT2D eigenvalue weighted by atomic mass is 16.5. The van der Waals surface area contributed by atoms with E-state index in [1.54, 1.807) is 0 Å². The predicted octanol–water partition coefficient (Wildman–Crippen LogP) is 0.834. The normalized spacial score (nSPS) is 38.4. The number of ether oxygens (including phenoxy) is 1. The molecule has 3 nitrogen and oxygen atoms in total. The summed E-state index contributed by atoms with van der Waals surface area (Å²) >= 11 is 0. The number of hydrogen-bond acceptors (Lipinski definition) is 3. The molecule has 2 rings (SSSR count). The first kappa shape index (κ1) is 10.4. The number of nitrogens with two attached hydrogens (primary N) is 1. The molecule has 0 bridgehead atoms. The van der Waals surface area contributed by atoms with E-state index in [0.717, 1.165) is 19.1 Å². The van der Waals surface area contributed by atoms with Crippen molar-refractivity contribution in [2.45, 2.75) is 37.8 Å². The van der Waals surface area contributed by atoms with E-state index in [0.29, 0.717) is 12.1 Å². The van der Waals surface area contributed by atoms with E-state index in [2.05, 4.69) is 11.9 Å². The molecule has 0 aromatic rings. The lowest BCUT2D eigenvalue weighted by molar-refractivity contribution is 0.149. The Balaban J connectivity index is 1.73. The fraction of sp³-hybridized carbons (Fsp3) is 1.00. The second-order valence-electron chi connectivity index (χ2n) is 4.90. The highest BCUT2D eigenvalue weighted by Gasteiger charge is 2.26. The Kier molecular flexibility index (Phi) is 3.42. The van der Waals surface area contributed by atoms with Gasteiger partial charge in [-0.05, 0) is 38.6 Å². The molecular formula is C11H22N2O. The monoisotopic (exact) mass is 198 g/mol. The minimum atomic E-state index is 0.466. The summed E-state index contributed by atoms with van der Waals surface area (Å²) in [6.07, 6.45) is 4.96. The van der Waals surface area contributed by atoms with Gasteiger partial charge in [0.2, 0.25) is 0 Å². The van der Waals surface area contributed by atoms with Gasteiger partial charge in [0.15, 0.2) is 0 Å². The van der Waals surface area contributed by atoms with Gasteiger partial charge in [-0.3, -0.25) is 0 Å². The van der Waals surface area contributed by atoms with E-state index >= 15 is 0 Å². The van der Waals surface area contributed by atoms with Crippen LogP contribution in [0.1, 0.15) is 25.7 Å². The van der Waals surface area contributed by atoms with Crippen molar-refractivity contribution in [2.75, 3.05) is 26.8 Å². The van der Waals surface area contributed by atoms with E-state index < -0.39 is 0 Å². The van der Waals surface area contributed by atoms with Gasteiger partial charge in [-0.15, -0.1) is 0 Å². The van der Waals surface area contributed by atoms with Crippen LogP contribution < -0.4 is 5.73 Å². The van der Waals surface area contributed by atoms with E-state index in [1.807, 2.05) is 0 Å². The minimum absolute atomic E-state index is 0.466. The highest BCUT2D eigenvalue weighted by molar-refractivity contribution is 4.82. The van der Waals surface area contributed by atoms with Crippen LogP contribution >= 0.6 is 0 Å². The molecule has 0 aromatic heterocycles. The molecule has 1 aliphatic carbocycles. The molecule has 3 heteroatoms. The fourth-order valence-electron chi connectivity index (χ4n) is 2.71. The first-order chi connectivity index (χ1) is 6.75. The van der Waals surface area contributed by atoms with Gasteiger partial charge >= 0.3 is 0 Å². The zero-order valence-electron chi connectivity index (χ0n) is 9.11. The molecule has 3 unspecified atom stereocenters. The highest BCUT2D eigenvalue weighted by Crippen LogP contribution is 2.25. The van der Waals surface area contributed by atoms with Crippen LogP contribution in [-0.2, 0) is 4.74 Å². The fourth-order valence-corrected chi connectivity index (χ4v) is 2.71. The molecule has 1 saturated heterocycles. The Morgan fingerprint density at radius 3 is 2.79 bits per heavy atom. The standard InChI is InChI=1S/C11H22N2O/c1-13(11-4-5-14-8-11)7-9-2-3-10(12)6-9/h9-11H,2-8,12H2,1H3. The van der Waals surface area contributed by atoms with Gasteiger partial charge in [0.25, 0.3) is 0 Å². The van der Waals surface area contributed by atoms with Gasteiger partial charge in [-0.2, -0.15) is 0 Å². The van der Waals surface area contributed by atoms with Crippen LogP contribution in [0.3, 0.4) is 0 Å². The third kappa shape index (κ3) is 2.47. The third-order valence-electron chi connectivity index (χ3n) is 3.66. The van der Waals surface area contributed by atoms with E-state index in [1.165, 1.54) is 32.2 Å². The Labute approximate surface area is 86.6 Å². The molecule has 0 aromatic carbocycles. The van der Waals surface area contributed by atoms with Crippen LogP contribution in [0.5, 0.6) is 0 Å². The minimum Gasteiger partial charge on any atom is -0.380 e. The summed E-state index contributed by atoms with van der Waals surface area (Å²) in [5, 5.41) is 0. The zero-order valence-corrected chi connectivity index (χ0v) is 9.11. The summed E-state index contributed by atoms with van der Waals surface area (Å²) in [5.74, 6) is 0.829. The maximum Gasteiger partial charge on any atom is 0.0622 e. The Morgan fingerprint density at radius 1 is 1.36 bits per heavy atom. The molecule has 3 atom stereocenters. The quantitative estimate of drug-likeness (QED) is 0.730. The lowest BCUT2D eigenvalue weighted by Gasteiger charge is -2.25. The Morgan fingerprint density at radius 2 is 2.21 bits per heavy atom. The Hall–Kier alpha value is -0.120. The summed E-state index contributed by atoms with van der Waals surface area (Å²) in [7, 11) is 2.23. The van der Waals surface area contributed by atoms with E-state index in [-0.39, 0.29) is 0 Å². The van der Waals surface area contributed by atoms with Crippen LogP contribution in [0, 0.1) is 5.92 Å². The first-order valence-corrected chi connectivity index (χ1v) is 5.79. The number of nitrogens with zero attached hydrogens (tertiary/aromatic N) is 1. The summed E-state index contributed by atoms with van der Waals surface area (Å²) in [4.78, 5) is 2.47.